The highest BCUT2D eigenvalue weighted by atomic mass is 16.5. The normalized spacial score (nSPS) is 9.07. The molecule has 4 heteroatoms. The summed E-state index contributed by atoms with van der Waals surface area (Å²) in [4.78, 5) is 21.5. The molecule has 0 saturated carbocycles. The third kappa shape index (κ3) is 8.74. The zero-order valence-electron chi connectivity index (χ0n) is 8.74. The van der Waals surface area contributed by atoms with Crippen LogP contribution in [0.4, 0.5) is 0 Å². The van der Waals surface area contributed by atoms with Gasteiger partial charge in [-0.2, -0.15) is 0 Å². The number of carbonyl (C=O) groups excluding carboxylic acids is 2. The van der Waals surface area contributed by atoms with Crippen LogP contribution in [0.3, 0.4) is 0 Å². The molecular weight excluding hydrogens is 196 g/mol. The van der Waals surface area contributed by atoms with Crippen LogP contribution in [0, 0.1) is 0 Å². The standard InChI is InChI=1S/C11H16O4/c1-3-10(12)15-9-7-5-6-8-11(13)14-4-2/h3-4H,1-2,5-9H2. The lowest BCUT2D eigenvalue weighted by Crippen LogP contribution is -2.02. The molecule has 0 unspecified atom stereocenters. The first-order valence-electron chi connectivity index (χ1n) is 4.80. The minimum Gasteiger partial charge on any atom is -0.463 e. The van der Waals surface area contributed by atoms with Gasteiger partial charge in [-0.15, -0.1) is 0 Å². The molecule has 0 aliphatic carbocycles. The van der Waals surface area contributed by atoms with Crippen LogP contribution in [0.1, 0.15) is 25.7 Å². The van der Waals surface area contributed by atoms with E-state index in [1.165, 1.54) is 0 Å². The summed E-state index contributed by atoms with van der Waals surface area (Å²) in [6.07, 6.45) is 4.88. The molecule has 15 heavy (non-hydrogen) atoms. The van der Waals surface area contributed by atoms with Crippen LogP contribution >= 0.6 is 0 Å². The van der Waals surface area contributed by atoms with Crippen molar-refractivity contribution in [2.24, 2.45) is 0 Å². The maximum Gasteiger partial charge on any atom is 0.330 e. The van der Waals surface area contributed by atoms with E-state index in [1.807, 2.05) is 0 Å². The van der Waals surface area contributed by atoms with Crippen molar-refractivity contribution in [3.8, 4) is 0 Å². The van der Waals surface area contributed by atoms with Crippen molar-refractivity contribution >= 4 is 11.9 Å². The third-order valence-electron chi connectivity index (χ3n) is 1.65. The van der Waals surface area contributed by atoms with Crippen LogP contribution in [-0.4, -0.2) is 18.5 Å². The Hall–Kier alpha value is -1.58. The van der Waals surface area contributed by atoms with E-state index >= 15 is 0 Å². The zero-order chi connectivity index (χ0) is 11.5. The topological polar surface area (TPSA) is 52.6 Å². The number of esters is 2. The average molecular weight is 212 g/mol. The first kappa shape index (κ1) is 13.4. The van der Waals surface area contributed by atoms with Crippen LogP contribution in [0.15, 0.2) is 25.5 Å². The molecule has 0 aliphatic heterocycles. The van der Waals surface area contributed by atoms with E-state index in [2.05, 4.69) is 17.9 Å². The van der Waals surface area contributed by atoms with Gasteiger partial charge in [0, 0.05) is 12.5 Å². The van der Waals surface area contributed by atoms with Crippen molar-refractivity contribution in [1.29, 1.82) is 0 Å². The van der Waals surface area contributed by atoms with E-state index in [1.54, 1.807) is 0 Å². The van der Waals surface area contributed by atoms with Crippen molar-refractivity contribution in [2.45, 2.75) is 25.7 Å². The number of ether oxygens (including phenoxy) is 2. The van der Waals surface area contributed by atoms with E-state index in [4.69, 9.17) is 4.74 Å². The lowest BCUT2D eigenvalue weighted by molar-refractivity contribution is -0.139. The van der Waals surface area contributed by atoms with Crippen LogP contribution in [0.25, 0.3) is 0 Å². The minimum atomic E-state index is -0.416. The van der Waals surface area contributed by atoms with Gasteiger partial charge >= 0.3 is 11.9 Å². The van der Waals surface area contributed by atoms with Crippen molar-refractivity contribution in [2.75, 3.05) is 6.61 Å². The van der Waals surface area contributed by atoms with Gasteiger partial charge in [0.15, 0.2) is 0 Å². The molecule has 0 aromatic carbocycles. The smallest absolute Gasteiger partial charge is 0.330 e. The van der Waals surface area contributed by atoms with E-state index in [-0.39, 0.29) is 5.97 Å². The van der Waals surface area contributed by atoms with Gasteiger partial charge in [-0.1, -0.05) is 13.2 Å². The molecule has 0 atom stereocenters. The van der Waals surface area contributed by atoms with E-state index in [0.717, 1.165) is 31.6 Å². The molecule has 0 N–H and O–H groups in total. The summed E-state index contributed by atoms with van der Waals surface area (Å²) >= 11 is 0. The van der Waals surface area contributed by atoms with Crippen LogP contribution in [-0.2, 0) is 19.1 Å². The molecule has 0 saturated heterocycles. The molecule has 0 radical (unpaired) electrons. The Bertz CT molecular complexity index is 233. The van der Waals surface area contributed by atoms with Gasteiger partial charge in [0.2, 0.25) is 0 Å². The van der Waals surface area contributed by atoms with Gasteiger partial charge in [-0.3, -0.25) is 4.79 Å². The predicted molar refractivity (Wildman–Crippen MR) is 55.9 cm³/mol. The number of rotatable bonds is 8. The quantitative estimate of drug-likeness (QED) is 0.267. The van der Waals surface area contributed by atoms with Crippen molar-refractivity contribution in [3.05, 3.63) is 25.5 Å². The summed E-state index contributed by atoms with van der Waals surface area (Å²) < 4.78 is 9.29. The molecule has 0 rings (SSSR count). The Balaban J connectivity index is 3.24. The molecule has 0 spiro atoms. The summed E-state index contributed by atoms with van der Waals surface area (Å²) in [6.45, 7) is 6.91. The van der Waals surface area contributed by atoms with Gasteiger partial charge in [-0.05, 0) is 19.3 Å². The first-order valence-corrected chi connectivity index (χ1v) is 4.80. The van der Waals surface area contributed by atoms with Crippen molar-refractivity contribution in [3.63, 3.8) is 0 Å². The number of carbonyl (C=O) groups is 2. The van der Waals surface area contributed by atoms with Crippen LogP contribution in [0.5, 0.6) is 0 Å². The molecule has 0 bridgehead atoms. The third-order valence-corrected chi connectivity index (χ3v) is 1.65. The fraction of sp³-hybridized carbons (Fsp3) is 0.455. The summed E-state index contributed by atoms with van der Waals surface area (Å²) in [6, 6.07) is 0. The number of unbranched alkanes of at least 4 members (excludes halogenated alkanes) is 2. The fourth-order valence-electron chi connectivity index (χ4n) is 0.932. The monoisotopic (exact) mass is 212 g/mol. The summed E-state index contributed by atoms with van der Waals surface area (Å²) in [5.74, 6) is -0.700. The molecule has 0 aromatic heterocycles. The second kappa shape index (κ2) is 8.99. The van der Waals surface area contributed by atoms with Gasteiger partial charge in [-0.25, -0.2) is 4.79 Å². The molecule has 0 aliphatic rings. The summed E-state index contributed by atoms with van der Waals surface area (Å²) in [5.41, 5.74) is 0. The van der Waals surface area contributed by atoms with Gasteiger partial charge < -0.3 is 9.47 Å². The van der Waals surface area contributed by atoms with Crippen molar-refractivity contribution in [1.82, 2.24) is 0 Å². The van der Waals surface area contributed by atoms with Gasteiger partial charge in [0.25, 0.3) is 0 Å². The van der Waals surface area contributed by atoms with E-state index in [9.17, 15) is 9.59 Å². The molecular formula is C11H16O4. The first-order chi connectivity index (χ1) is 7.20. The van der Waals surface area contributed by atoms with E-state index in [0.29, 0.717) is 13.0 Å². The molecule has 0 amide bonds. The fourth-order valence-corrected chi connectivity index (χ4v) is 0.932. The molecule has 0 aromatic rings. The molecule has 84 valence electrons. The van der Waals surface area contributed by atoms with Crippen LogP contribution in [0.2, 0.25) is 0 Å². The lowest BCUT2D eigenvalue weighted by Gasteiger charge is -2.01. The SMILES string of the molecule is C=COC(=O)CCCCCOC(=O)C=C. The second-order valence-corrected chi connectivity index (χ2v) is 2.84. The average Bonchev–Trinajstić information content (AvgIpc) is 2.23. The molecule has 0 fully saturated rings. The van der Waals surface area contributed by atoms with Crippen LogP contribution < -0.4 is 0 Å². The highest BCUT2D eigenvalue weighted by molar-refractivity contribution is 5.81. The highest BCUT2D eigenvalue weighted by Crippen LogP contribution is 2.01. The van der Waals surface area contributed by atoms with Gasteiger partial charge in [0.05, 0.1) is 12.9 Å². The Morgan fingerprint density at radius 2 is 1.87 bits per heavy atom. The Morgan fingerprint density at radius 1 is 1.13 bits per heavy atom. The molecule has 0 heterocycles. The maximum absolute atomic E-state index is 10.8. The molecule has 4 nitrogen and oxygen atoms in total. The number of hydrogen-bond acceptors (Lipinski definition) is 4. The largest absolute Gasteiger partial charge is 0.463 e. The Morgan fingerprint density at radius 3 is 2.47 bits per heavy atom. The Kier molecular flexibility index (Phi) is 8.05. The number of hydrogen-bond donors (Lipinski definition) is 0. The summed E-state index contributed by atoms with van der Waals surface area (Å²) in [7, 11) is 0. The minimum absolute atomic E-state index is 0.284. The highest BCUT2D eigenvalue weighted by Gasteiger charge is 2.00. The maximum atomic E-state index is 10.8. The zero-order valence-corrected chi connectivity index (χ0v) is 8.74. The van der Waals surface area contributed by atoms with Crippen molar-refractivity contribution < 1.29 is 19.1 Å². The lowest BCUT2D eigenvalue weighted by atomic mass is 10.2. The predicted octanol–water partition coefficient (Wildman–Crippen LogP) is 1.96. The second-order valence-electron chi connectivity index (χ2n) is 2.84. The summed E-state index contributed by atoms with van der Waals surface area (Å²) in [5, 5.41) is 0. The van der Waals surface area contributed by atoms with Gasteiger partial charge in [0.1, 0.15) is 0 Å². The van der Waals surface area contributed by atoms with E-state index < -0.39 is 5.97 Å². The Labute approximate surface area is 89.6 Å².